The van der Waals surface area contributed by atoms with Crippen molar-refractivity contribution in [1.29, 1.82) is 0 Å². The highest BCUT2D eigenvalue weighted by atomic mass is 79.9. The van der Waals surface area contributed by atoms with Crippen molar-refractivity contribution in [3.8, 4) is 0 Å². The van der Waals surface area contributed by atoms with Crippen LogP contribution in [0.2, 0.25) is 0 Å². The van der Waals surface area contributed by atoms with Crippen molar-refractivity contribution in [2.75, 3.05) is 0 Å². The third kappa shape index (κ3) is 2.40. The Balaban J connectivity index is 1.92. The van der Waals surface area contributed by atoms with Crippen molar-refractivity contribution >= 4 is 27.3 Å². The summed E-state index contributed by atoms with van der Waals surface area (Å²) in [6.45, 7) is 0. The fourth-order valence-corrected chi connectivity index (χ4v) is 4.06. The van der Waals surface area contributed by atoms with Gasteiger partial charge in [-0.3, -0.25) is 0 Å². The van der Waals surface area contributed by atoms with E-state index in [2.05, 4.69) is 46.3 Å². The summed E-state index contributed by atoms with van der Waals surface area (Å²) in [6.07, 6.45) is 5.09. The summed E-state index contributed by atoms with van der Waals surface area (Å²) in [5.74, 6) is 0. The molecule has 0 fully saturated rings. The number of nitrogens with two attached hydrogens (primary N) is 1. The maximum Gasteiger partial charge on any atom is 0.0702 e. The molecule has 0 saturated carbocycles. The Kier molecular flexibility index (Phi) is 3.55. The monoisotopic (exact) mass is 321 g/mol. The fourth-order valence-electron chi connectivity index (χ4n) is 2.61. The minimum Gasteiger partial charge on any atom is -0.320 e. The van der Waals surface area contributed by atoms with Gasteiger partial charge in [-0.05, 0) is 70.4 Å². The molecule has 2 aromatic rings. The molecule has 1 aliphatic carbocycles. The lowest BCUT2D eigenvalue weighted by Gasteiger charge is -2.18. The topological polar surface area (TPSA) is 26.0 Å². The summed E-state index contributed by atoms with van der Waals surface area (Å²) in [5, 5.41) is 0. The number of aryl methyl sites for hydroxylation is 2. The first-order valence-corrected chi connectivity index (χ1v) is 7.97. The van der Waals surface area contributed by atoms with Gasteiger partial charge in [0.25, 0.3) is 0 Å². The maximum atomic E-state index is 6.35. The van der Waals surface area contributed by atoms with Gasteiger partial charge in [-0.1, -0.05) is 18.2 Å². The Hall–Kier alpha value is -0.640. The van der Waals surface area contributed by atoms with E-state index < -0.39 is 0 Å². The Bertz CT molecular complexity index is 561. The molecule has 1 atom stereocenters. The van der Waals surface area contributed by atoms with Crippen molar-refractivity contribution in [2.45, 2.75) is 31.7 Å². The molecule has 0 bridgehead atoms. The van der Waals surface area contributed by atoms with Crippen LogP contribution in [0.15, 0.2) is 34.1 Å². The van der Waals surface area contributed by atoms with Crippen LogP contribution in [0.25, 0.3) is 0 Å². The van der Waals surface area contributed by atoms with Crippen LogP contribution in [-0.2, 0) is 12.8 Å². The van der Waals surface area contributed by atoms with Crippen LogP contribution in [0.3, 0.4) is 0 Å². The Morgan fingerprint density at radius 2 is 1.83 bits per heavy atom. The van der Waals surface area contributed by atoms with Crippen molar-refractivity contribution in [3.05, 3.63) is 55.7 Å². The molecule has 3 heteroatoms. The summed E-state index contributed by atoms with van der Waals surface area (Å²) in [6, 6.07) is 11.0. The second kappa shape index (κ2) is 5.16. The van der Waals surface area contributed by atoms with Crippen LogP contribution in [0.4, 0.5) is 0 Å². The number of hydrogen-bond donors (Lipinski definition) is 1. The van der Waals surface area contributed by atoms with Crippen molar-refractivity contribution in [2.24, 2.45) is 5.73 Å². The van der Waals surface area contributed by atoms with Gasteiger partial charge >= 0.3 is 0 Å². The van der Waals surface area contributed by atoms with Gasteiger partial charge in [0, 0.05) is 4.88 Å². The normalized spacial score (nSPS) is 16.3. The first-order valence-electron chi connectivity index (χ1n) is 6.36. The number of hydrogen-bond acceptors (Lipinski definition) is 2. The molecule has 1 nitrogen and oxygen atoms in total. The molecule has 3 rings (SSSR count). The highest BCUT2D eigenvalue weighted by Crippen LogP contribution is 2.31. The van der Waals surface area contributed by atoms with Crippen molar-refractivity contribution in [1.82, 2.24) is 0 Å². The molecule has 1 aromatic carbocycles. The van der Waals surface area contributed by atoms with Gasteiger partial charge in [-0.25, -0.2) is 0 Å². The number of thiophene rings is 1. The third-order valence-electron chi connectivity index (χ3n) is 3.63. The van der Waals surface area contributed by atoms with E-state index in [-0.39, 0.29) is 6.04 Å². The average Bonchev–Trinajstić information content (AvgIpc) is 2.84. The maximum absolute atomic E-state index is 6.35. The molecule has 94 valence electrons. The van der Waals surface area contributed by atoms with E-state index >= 15 is 0 Å². The summed E-state index contributed by atoms with van der Waals surface area (Å²) < 4.78 is 1.14. The molecule has 0 aliphatic heterocycles. The van der Waals surface area contributed by atoms with E-state index in [4.69, 9.17) is 5.73 Å². The second-order valence-electron chi connectivity index (χ2n) is 4.85. The molecule has 1 unspecified atom stereocenters. The molecular formula is C15H16BrNS. The average molecular weight is 322 g/mol. The number of halogens is 1. The highest BCUT2D eigenvalue weighted by molar-refractivity contribution is 9.11. The molecule has 18 heavy (non-hydrogen) atoms. The molecule has 1 aliphatic rings. The minimum absolute atomic E-state index is 0.00789. The lowest BCUT2D eigenvalue weighted by atomic mass is 9.89. The largest absolute Gasteiger partial charge is 0.320 e. The van der Waals surface area contributed by atoms with E-state index in [1.807, 2.05) is 0 Å². The van der Waals surface area contributed by atoms with E-state index in [1.165, 1.54) is 47.3 Å². The van der Waals surface area contributed by atoms with Gasteiger partial charge in [0.1, 0.15) is 0 Å². The predicted molar refractivity (Wildman–Crippen MR) is 81.1 cm³/mol. The second-order valence-corrected chi connectivity index (χ2v) is 7.35. The van der Waals surface area contributed by atoms with E-state index in [0.29, 0.717) is 0 Å². The molecule has 1 aromatic heterocycles. The van der Waals surface area contributed by atoms with Crippen LogP contribution in [0, 0.1) is 0 Å². The SMILES string of the molecule is NC(c1ccc2c(c1)CCCC2)c1ccc(Br)s1. The van der Waals surface area contributed by atoms with Crippen LogP contribution < -0.4 is 5.73 Å². The van der Waals surface area contributed by atoms with Crippen LogP contribution >= 0.6 is 27.3 Å². The van der Waals surface area contributed by atoms with E-state index in [0.717, 1.165) is 3.79 Å². The minimum atomic E-state index is 0.00789. The lowest BCUT2D eigenvalue weighted by molar-refractivity contribution is 0.683. The van der Waals surface area contributed by atoms with Gasteiger partial charge in [0.15, 0.2) is 0 Å². The Morgan fingerprint density at radius 3 is 2.56 bits per heavy atom. The Labute approximate surface area is 120 Å². The highest BCUT2D eigenvalue weighted by Gasteiger charge is 2.15. The van der Waals surface area contributed by atoms with E-state index in [9.17, 15) is 0 Å². The fraction of sp³-hybridized carbons (Fsp3) is 0.333. The smallest absolute Gasteiger partial charge is 0.0702 e. The molecule has 1 heterocycles. The zero-order valence-corrected chi connectivity index (χ0v) is 12.6. The third-order valence-corrected chi connectivity index (χ3v) is 5.34. The van der Waals surface area contributed by atoms with Crippen LogP contribution in [0.1, 0.15) is 40.5 Å². The molecule has 0 amide bonds. The van der Waals surface area contributed by atoms with Gasteiger partial charge in [0.2, 0.25) is 0 Å². The molecular weight excluding hydrogens is 306 g/mol. The molecule has 2 N–H and O–H groups in total. The standard InChI is InChI=1S/C15H16BrNS/c16-14-8-7-13(18-14)15(17)12-6-5-10-3-1-2-4-11(10)9-12/h5-9,15H,1-4,17H2. The quantitative estimate of drug-likeness (QED) is 0.869. The molecule has 0 saturated heterocycles. The van der Waals surface area contributed by atoms with E-state index in [1.54, 1.807) is 11.3 Å². The van der Waals surface area contributed by atoms with Crippen molar-refractivity contribution in [3.63, 3.8) is 0 Å². The number of fused-ring (bicyclic) bond motifs is 1. The predicted octanol–water partition coefficient (Wildman–Crippen LogP) is 4.44. The lowest BCUT2D eigenvalue weighted by Crippen LogP contribution is -2.12. The summed E-state index contributed by atoms with van der Waals surface area (Å²) >= 11 is 5.22. The van der Waals surface area contributed by atoms with Crippen molar-refractivity contribution < 1.29 is 0 Å². The zero-order chi connectivity index (χ0) is 12.5. The molecule has 0 spiro atoms. The van der Waals surface area contributed by atoms with Gasteiger partial charge in [-0.2, -0.15) is 0 Å². The van der Waals surface area contributed by atoms with Gasteiger partial charge < -0.3 is 5.73 Å². The first-order chi connectivity index (χ1) is 8.74. The number of benzene rings is 1. The van der Waals surface area contributed by atoms with Gasteiger partial charge in [0.05, 0.1) is 9.83 Å². The van der Waals surface area contributed by atoms with Crippen LogP contribution in [0.5, 0.6) is 0 Å². The number of rotatable bonds is 2. The summed E-state index contributed by atoms with van der Waals surface area (Å²) in [4.78, 5) is 1.22. The first kappa shape index (κ1) is 12.4. The van der Waals surface area contributed by atoms with Gasteiger partial charge in [-0.15, -0.1) is 11.3 Å². The Morgan fingerprint density at radius 1 is 1.06 bits per heavy atom. The molecule has 0 radical (unpaired) electrons. The van der Waals surface area contributed by atoms with Crippen LogP contribution in [-0.4, -0.2) is 0 Å². The summed E-state index contributed by atoms with van der Waals surface area (Å²) in [5.41, 5.74) is 10.6. The zero-order valence-electron chi connectivity index (χ0n) is 10.2. The summed E-state index contributed by atoms with van der Waals surface area (Å²) in [7, 11) is 0.